The summed E-state index contributed by atoms with van der Waals surface area (Å²) in [6.45, 7) is 1.68. The van der Waals surface area contributed by atoms with E-state index in [1.54, 1.807) is 13.0 Å². The zero-order valence-electron chi connectivity index (χ0n) is 10.3. The highest BCUT2D eigenvalue weighted by Crippen LogP contribution is 2.33. The summed E-state index contributed by atoms with van der Waals surface area (Å²) < 4.78 is 1.84. The number of rotatable bonds is 2. The Morgan fingerprint density at radius 3 is 2.58 bits per heavy atom. The van der Waals surface area contributed by atoms with E-state index in [4.69, 9.17) is 11.6 Å². The Balaban J connectivity index is 2.49. The molecular weight excluding hydrogens is 262 g/mol. The number of benzene rings is 2. The number of fused-ring (bicyclic) bond motifs is 3. The Morgan fingerprint density at radius 1 is 1.16 bits per heavy atom. The maximum atomic E-state index is 11.3. The van der Waals surface area contributed by atoms with Crippen LogP contribution in [-0.2, 0) is 4.79 Å². The molecule has 19 heavy (non-hydrogen) atoms. The molecule has 96 valence electrons. The smallest absolute Gasteiger partial charge is 0.326 e. The second-order valence-corrected chi connectivity index (χ2v) is 5.00. The van der Waals surface area contributed by atoms with Gasteiger partial charge in [0.2, 0.25) is 0 Å². The molecule has 0 aliphatic heterocycles. The standard InChI is InChI=1S/C15H12ClNO2/c1-9(15(18)19)17-13-5-3-2-4-11(13)12-8-10(16)6-7-14(12)17/h2-9H,1H3,(H,18,19). The normalized spacial score (nSPS) is 12.9. The SMILES string of the molecule is CC(C(=O)O)n1c2ccccc2c2cc(Cl)ccc21. The van der Waals surface area contributed by atoms with E-state index < -0.39 is 12.0 Å². The fourth-order valence-corrected chi connectivity index (χ4v) is 2.68. The lowest BCUT2D eigenvalue weighted by atomic mass is 10.2. The van der Waals surface area contributed by atoms with E-state index >= 15 is 0 Å². The molecule has 2 aromatic carbocycles. The maximum absolute atomic E-state index is 11.3. The number of carboxylic acids is 1. The van der Waals surface area contributed by atoms with E-state index in [0.717, 1.165) is 21.8 Å². The summed E-state index contributed by atoms with van der Waals surface area (Å²) in [5.41, 5.74) is 1.80. The minimum atomic E-state index is -0.849. The van der Waals surface area contributed by atoms with E-state index in [1.807, 2.05) is 41.0 Å². The van der Waals surface area contributed by atoms with Gasteiger partial charge < -0.3 is 9.67 Å². The lowest BCUT2D eigenvalue weighted by Gasteiger charge is -2.12. The summed E-state index contributed by atoms with van der Waals surface area (Å²) in [5, 5.41) is 11.9. The van der Waals surface area contributed by atoms with Crippen LogP contribution >= 0.6 is 11.6 Å². The minimum Gasteiger partial charge on any atom is -0.480 e. The molecule has 0 aliphatic rings. The van der Waals surface area contributed by atoms with Gasteiger partial charge in [0.05, 0.1) is 5.52 Å². The summed E-state index contributed by atoms with van der Waals surface area (Å²) in [6, 6.07) is 12.7. The van der Waals surface area contributed by atoms with Crippen molar-refractivity contribution < 1.29 is 9.90 Å². The van der Waals surface area contributed by atoms with Crippen molar-refractivity contribution in [3.05, 3.63) is 47.5 Å². The summed E-state index contributed by atoms with van der Waals surface area (Å²) in [7, 11) is 0. The van der Waals surface area contributed by atoms with Crippen LogP contribution in [0.15, 0.2) is 42.5 Å². The van der Waals surface area contributed by atoms with Gasteiger partial charge in [0, 0.05) is 21.3 Å². The molecule has 0 bridgehead atoms. The second kappa shape index (κ2) is 4.28. The van der Waals surface area contributed by atoms with Gasteiger partial charge in [-0.05, 0) is 31.2 Å². The van der Waals surface area contributed by atoms with E-state index in [1.165, 1.54) is 0 Å². The van der Waals surface area contributed by atoms with Gasteiger partial charge in [-0.3, -0.25) is 0 Å². The number of hydrogen-bond donors (Lipinski definition) is 1. The van der Waals surface area contributed by atoms with Crippen LogP contribution in [0.2, 0.25) is 5.02 Å². The molecule has 3 aromatic rings. The van der Waals surface area contributed by atoms with Crippen LogP contribution in [0, 0.1) is 0 Å². The summed E-state index contributed by atoms with van der Waals surface area (Å²) in [4.78, 5) is 11.3. The zero-order valence-corrected chi connectivity index (χ0v) is 11.1. The lowest BCUT2D eigenvalue weighted by Crippen LogP contribution is -2.15. The van der Waals surface area contributed by atoms with E-state index in [0.29, 0.717) is 5.02 Å². The molecule has 0 aliphatic carbocycles. The summed E-state index contributed by atoms with van der Waals surface area (Å²) in [6.07, 6.45) is 0. The van der Waals surface area contributed by atoms with Crippen LogP contribution < -0.4 is 0 Å². The third-order valence-electron chi connectivity index (χ3n) is 3.42. The number of aliphatic carboxylic acids is 1. The molecule has 1 unspecified atom stereocenters. The van der Waals surface area contributed by atoms with Gasteiger partial charge >= 0.3 is 5.97 Å². The van der Waals surface area contributed by atoms with Crippen LogP contribution in [0.4, 0.5) is 0 Å². The van der Waals surface area contributed by atoms with Gasteiger partial charge in [-0.25, -0.2) is 4.79 Å². The van der Waals surface area contributed by atoms with Crippen LogP contribution in [0.1, 0.15) is 13.0 Å². The third kappa shape index (κ3) is 1.78. The van der Waals surface area contributed by atoms with Gasteiger partial charge in [-0.2, -0.15) is 0 Å². The predicted octanol–water partition coefficient (Wildman–Crippen LogP) is 4.09. The monoisotopic (exact) mass is 273 g/mol. The molecule has 1 aromatic heterocycles. The van der Waals surface area contributed by atoms with Crippen LogP contribution in [0.3, 0.4) is 0 Å². The van der Waals surface area contributed by atoms with Gasteiger partial charge in [0.15, 0.2) is 0 Å². The second-order valence-electron chi connectivity index (χ2n) is 4.56. The van der Waals surface area contributed by atoms with Crippen molar-refractivity contribution in [2.75, 3.05) is 0 Å². The van der Waals surface area contributed by atoms with Crippen molar-refractivity contribution >= 4 is 39.4 Å². The Morgan fingerprint density at radius 2 is 1.84 bits per heavy atom. The fraction of sp³-hybridized carbons (Fsp3) is 0.133. The maximum Gasteiger partial charge on any atom is 0.326 e. The number of aromatic nitrogens is 1. The van der Waals surface area contributed by atoms with Gasteiger partial charge in [-0.15, -0.1) is 0 Å². The fourth-order valence-electron chi connectivity index (χ4n) is 2.50. The minimum absolute atomic E-state index is 0.622. The molecule has 1 heterocycles. The summed E-state index contributed by atoms with van der Waals surface area (Å²) >= 11 is 6.04. The summed E-state index contributed by atoms with van der Waals surface area (Å²) in [5.74, 6) is -0.849. The highest BCUT2D eigenvalue weighted by Gasteiger charge is 2.19. The van der Waals surface area contributed by atoms with E-state index in [-0.39, 0.29) is 0 Å². The molecule has 0 saturated carbocycles. The van der Waals surface area contributed by atoms with Crippen molar-refractivity contribution in [1.82, 2.24) is 4.57 Å². The molecule has 3 nitrogen and oxygen atoms in total. The Hall–Kier alpha value is -2.00. The zero-order chi connectivity index (χ0) is 13.6. The first-order valence-corrected chi connectivity index (χ1v) is 6.38. The number of para-hydroxylation sites is 1. The molecular formula is C15H12ClNO2. The molecule has 0 saturated heterocycles. The van der Waals surface area contributed by atoms with Crippen molar-refractivity contribution in [2.45, 2.75) is 13.0 Å². The number of hydrogen-bond acceptors (Lipinski definition) is 1. The first-order valence-electron chi connectivity index (χ1n) is 6.00. The molecule has 4 heteroatoms. The lowest BCUT2D eigenvalue weighted by molar-refractivity contribution is -0.140. The molecule has 1 N–H and O–H groups in total. The highest BCUT2D eigenvalue weighted by atomic mass is 35.5. The quantitative estimate of drug-likeness (QED) is 0.764. The van der Waals surface area contributed by atoms with E-state index in [9.17, 15) is 9.90 Å². The first kappa shape index (κ1) is 12.1. The number of halogens is 1. The van der Waals surface area contributed by atoms with Crippen LogP contribution in [0.5, 0.6) is 0 Å². The Labute approximate surface area is 115 Å². The Kier molecular flexibility index (Phi) is 2.72. The number of nitrogens with zero attached hydrogens (tertiary/aromatic N) is 1. The average Bonchev–Trinajstić information content (AvgIpc) is 2.72. The van der Waals surface area contributed by atoms with Gasteiger partial charge in [0.1, 0.15) is 6.04 Å². The van der Waals surface area contributed by atoms with Gasteiger partial charge in [0.25, 0.3) is 0 Å². The van der Waals surface area contributed by atoms with Crippen LogP contribution in [-0.4, -0.2) is 15.6 Å². The molecule has 0 fully saturated rings. The predicted molar refractivity (Wildman–Crippen MR) is 76.8 cm³/mol. The van der Waals surface area contributed by atoms with E-state index in [2.05, 4.69) is 0 Å². The van der Waals surface area contributed by atoms with Crippen LogP contribution in [0.25, 0.3) is 21.8 Å². The molecule has 3 rings (SSSR count). The first-order chi connectivity index (χ1) is 9.09. The number of carboxylic acid groups (broad SMARTS) is 1. The molecule has 0 radical (unpaired) electrons. The van der Waals surface area contributed by atoms with Gasteiger partial charge in [-0.1, -0.05) is 29.8 Å². The highest BCUT2D eigenvalue weighted by molar-refractivity contribution is 6.31. The molecule has 0 amide bonds. The largest absolute Gasteiger partial charge is 0.480 e. The molecule has 0 spiro atoms. The van der Waals surface area contributed by atoms with Crippen molar-refractivity contribution in [3.8, 4) is 0 Å². The van der Waals surface area contributed by atoms with Crippen molar-refractivity contribution in [1.29, 1.82) is 0 Å². The third-order valence-corrected chi connectivity index (χ3v) is 3.65. The topological polar surface area (TPSA) is 42.2 Å². The Bertz CT molecular complexity index is 791. The number of carbonyl (C=O) groups is 1. The van der Waals surface area contributed by atoms with Crippen molar-refractivity contribution in [2.24, 2.45) is 0 Å². The van der Waals surface area contributed by atoms with Crippen molar-refractivity contribution in [3.63, 3.8) is 0 Å². The average molecular weight is 274 g/mol. The molecule has 1 atom stereocenters.